The number of nitrogens with zero attached hydrogens (tertiary/aromatic N) is 1. The molecular formula is C20H20N2OS. The molecule has 3 nitrogen and oxygen atoms in total. The second-order valence-corrected chi connectivity index (χ2v) is 6.77. The third kappa shape index (κ3) is 4.30. The van der Waals surface area contributed by atoms with Crippen LogP contribution >= 0.6 is 11.3 Å². The highest BCUT2D eigenvalue weighted by molar-refractivity contribution is 7.09. The van der Waals surface area contributed by atoms with Gasteiger partial charge in [0.15, 0.2) is 0 Å². The van der Waals surface area contributed by atoms with Crippen LogP contribution in [-0.2, 0) is 11.2 Å². The number of nitrogens with one attached hydrogen (secondary N) is 1. The van der Waals surface area contributed by atoms with E-state index in [1.165, 1.54) is 11.1 Å². The van der Waals surface area contributed by atoms with E-state index in [9.17, 15) is 4.79 Å². The predicted molar refractivity (Wildman–Crippen MR) is 98.3 cm³/mol. The Morgan fingerprint density at radius 2 is 1.62 bits per heavy atom. The minimum Gasteiger partial charge on any atom is -0.355 e. The molecule has 0 aliphatic heterocycles. The summed E-state index contributed by atoms with van der Waals surface area (Å²) < 4.78 is 0. The summed E-state index contributed by atoms with van der Waals surface area (Å²) in [4.78, 5) is 16.6. The number of rotatable bonds is 6. The molecule has 2 aromatic carbocycles. The van der Waals surface area contributed by atoms with Gasteiger partial charge in [-0.15, -0.1) is 11.3 Å². The van der Waals surface area contributed by atoms with Gasteiger partial charge in [0.1, 0.15) is 0 Å². The van der Waals surface area contributed by atoms with Gasteiger partial charge in [-0.25, -0.2) is 4.98 Å². The fourth-order valence-electron chi connectivity index (χ4n) is 2.73. The lowest BCUT2D eigenvalue weighted by molar-refractivity contribution is -0.120. The van der Waals surface area contributed by atoms with Crippen molar-refractivity contribution in [2.24, 2.45) is 0 Å². The van der Waals surface area contributed by atoms with E-state index in [-0.39, 0.29) is 11.8 Å². The number of carbonyl (C=O) groups excluding carboxylic acids is 1. The van der Waals surface area contributed by atoms with E-state index in [2.05, 4.69) is 34.6 Å². The molecule has 24 heavy (non-hydrogen) atoms. The number of carbonyl (C=O) groups is 1. The molecule has 0 radical (unpaired) electrons. The molecule has 0 aliphatic carbocycles. The van der Waals surface area contributed by atoms with Gasteiger partial charge in [-0.1, -0.05) is 60.7 Å². The SMILES string of the molecule is Cc1nc(CC(=O)NCC(c2ccccc2)c2ccccc2)cs1. The summed E-state index contributed by atoms with van der Waals surface area (Å²) in [5.41, 5.74) is 3.24. The van der Waals surface area contributed by atoms with Crippen LogP contribution in [0.15, 0.2) is 66.0 Å². The van der Waals surface area contributed by atoms with Crippen molar-refractivity contribution in [3.05, 3.63) is 87.9 Å². The smallest absolute Gasteiger partial charge is 0.226 e. The van der Waals surface area contributed by atoms with E-state index in [0.29, 0.717) is 13.0 Å². The van der Waals surface area contributed by atoms with Crippen molar-refractivity contribution in [3.63, 3.8) is 0 Å². The van der Waals surface area contributed by atoms with Crippen molar-refractivity contribution in [2.45, 2.75) is 19.3 Å². The average molecular weight is 336 g/mol. The van der Waals surface area contributed by atoms with Gasteiger partial charge in [0, 0.05) is 17.8 Å². The lowest BCUT2D eigenvalue weighted by Gasteiger charge is -2.18. The summed E-state index contributed by atoms with van der Waals surface area (Å²) in [6.07, 6.45) is 0.334. The van der Waals surface area contributed by atoms with Gasteiger partial charge in [0.05, 0.1) is 17.1 Å². The van der Waals surface area contributed by atoms with Crippen LogP contribution in [0.4, 0.5) is 0 Å². The average Bonchev–Trinajstić information content (AvgIpc) is 3.02. The predicted octanol–water partition coefficient (Wildman–Crippen LogP) is 3.94. The molecule has 1 amide bonds. The molecule has 0 unspecified atom stereocenters. The van der Waals surface area contributed by atoms with E-state index < -0.39 is 0 Å². The molecule has 1 aromatic heterocycles. The maximum Gasteiger partial charge on any atom is 0.226 e. The third-order valence-electron chi connectivity index (χ3n) is 3.92. The molecule has 122 valence electrons. The van der Waals surface area contributed by atoms with Crippen molar-refractivity contribution in [2.75, 3.05) is 6.54 Å². The number of hydrogen-bond acceptors (Lipinski definition) is 3. The van der Waals surface area contributed by atoms with Crippen LogP contribution in [0.1, 0.15) is 27.7 Å². The van der Waals surface area contributed by atoms with Gasteiger partial charge in [-0.05, 0) is 18.1 Å². The highest BCUT2D eigenvalue weighted by Crippen LogP contribution is 2.23. The van der Waals surface area contributed by atoms with Crippen molar-refractivity contribution in [1.82, 2.24) is 10.3 Å². The van der Waals surface area contributed by atoms with E-state index in [1.807, 2.05) is 48.7 Å². The maximum atomic E-state index is 12.2. The Morgan fingerprint density at radius 1 is 1.04 bits per heavy atom. The number of thiazole rings is 1. The zero-order valence-corrected chi connectivity index (χ0v) is 14.4. The van der Waals surface area contributed by atoms with Crippen LogP contribution in [0, 0.1) is 6.92 Å². The molecule has 0 atom stereocenters. The third-order valence-corrected chi connectivity index (χ3v) is 4.74. The summed E-state index contributed by atoms with van der Waals surface area (Å²) in [6.45, 7) is 2.53. The van der Waals surface area contributed by atoms with E-state index in [0.717, 1.165) is 10.7 Å². The Hall–Kier alpha value is -2.46. The van der Waals surface area contributed by atoms with Gasteiger partial charge < -0.3 is 5.32 Å². The molecule has 0 fully saturated rings. The minimum atomic E-state index is 0.0113. The summed E-state index contributed by atoms with van der Waals surface area (Å²) in [5, 5.41) is 6.00. The summed E-state index contributed by atoms with van der Waals surface area (Å²) in [5.74, 6) is 0.158. The van der Waals surface area contributed by atoms with Crippen LogP contribution in [0.25, 0.3) is 0 Å². The Kier molecular flexibility index (Phi) is 5.39. The second kappa shape index (κ2) is 7.88. The van der Waals surface area contributed by atoms with Crippen molar-refractivity contribution in [3.8, 4) is 0 Å². The van der Waals surface area contributed by atoms with Crippen LogP contribution < -0.4 is 5.32 Å². The van der Waals surface area contributed by atoms with Gasteiger partial charge in [0.25, 0.3) is 0 Å². The topological polar surface area (TPSA) is 42.0 Å². The molecule has 0 saturated carbocycles. The van der Waals surface area contributed by atoms with E-state index in [1.54, 1.807) is 11.3 Å². The Morgan fingerprint density at radius 3 is 2.12 bits per heavy atom. The number of hydrogen-bond donors (Lipinski definition) is 1. The monoisotopic (exact) mass is 336 g/mol. The van der Waals surface area contributed by atoms with Gasteiger partial charge >= 0.3 is 0 Å². The zero-order valence-electron chi connectivity index (χ0n) is 13.6. The maximum absolute atomic E-state index is 12.2. The van der Waals surface area contributed by atoms with Gasteiger partial charge in [-0.2, -0.15) is 0 Å². The first-order valence-corrected chi connectivity index (χ1v) is 8.88. The Balaban J connectivity index is 1.69. The van der Waals surface area contributed by atoms with Crippen molar-refractivity contribution < 1.29 is 4.79 Å². The highest BCUT2D eigenvalue weighted by Gasteiger charge is 2.15. The van der Waals surface area contributed by atoms with Crippen LogP contribution in [0.5, 0.6) is 0 Å². The Labute approximate surface area is 146 Å². The lowest BCUT2D eigenvalue weighted by Crippen LogP contribution is -2.30. The fourth-order valence-corrected chi connectivity index (χ4v) is 3.34. The van der Waals surface area contributed by atoms with Crippen LogP contribution in [0.2, 0.25) is 0 Å². The quantitative estimate of drug-likeness (QED) is 0.741. The second-order valence-electron chi connectivity index (χ2n) is 5.71. The highest BCUT2D eigenvalue weighted by atomic mass is 32.1. The summed E-state index contributed by atoms with van der Waals surface area (Å²) >= 11 is 1.57. The first-order valence-electron chi connectivity index (χ1n) is 8.00. The number of benzene rings is 2. The normalized spacial score (nSPS) is 10.8. The van der Waals surface area contributed by atoms with Crippen LogP contribution in [0.3, 0.4) is 0 Å². The molecule has 3 aromatic rings. The largest absolute Gasteiger partial charge is 0.355 e. The van der Waals surface area contributed by atoms with Crippen LogP contribution in [-0.4, -0.2) is 17.4 Å². The summed E-state index contributed by atoms with van der Waals surface area (Å²) in [6, 6.07) is 20.6. The minimum absolute atomic E-state index is 0.0113. The zero-order chi connectivity index (χ0) is 16.8. The molecule has 3 rings (SSSR count). The Bertz CT molecular complexity index is 744. The molecule has 4 heteroatoms. The molecule has 0 aliphatic rings. The molecular weight excluding hydrogens is 316 g/mol. The number of aromatic nitrogens is 1. The molecule has 1 N–H and O–H groups in total. The fraction of sp³-hybridized carbons (Fsp3) is 0.200. The first-order chi connectivity index (χ1) is 11.7. The molecule has 0 spiro atoms. The van der Waals surface area contributed by atoms with Gasteiger partial charge in [-0.3, -0.25) is 4.79 Å². The van der Waals surface area contributed by atoms with Crippen molar-refractivity contribution in [1.29, 1.82) is 0 Å². The first kappa shape index (κ1) is 16.4. The van der Waals surface area contributed by atoms with E-state index >= 15 is 0 Å². The van der Waals surface area contributed by atoms with Gasteiger partial charge in [0.2, 0.25) is 5.91 Å². The van der Waals surface area contributed by atoms with Crippen molar-refractivity contribution >= 4 is 17.2 Å². The lowest BCUT2D eigenvalue weighted by atomic mass is 9.91. The van der Waals surface area contributed by atoms with E-state index in [4.69, 9.17) is 0 Å². The number of amides is 1. The number of aryl methyl sites for hydroxylation is 1. The standard InChI is InChI=1S/C20H20N2OS/c1-15-22-18(14-24-15)12-20(23)21-13-19(16-8-4-2-5-9-16)17-10-6-3-7-11-17/h2-11,14,19H,12-13H2,1H3,(H,21,23). The summed E-state index contributed by atoms with van der Waals surface area (Å²) in [7, 11) is 0. The molecule has 0 bridgehead atoms. The molecule has 0 saturated heterocycles. The molecule has 1 heterocycles.